The number of rotatable bonds is 5. The van der Waals surface area contributed by atoms with Gasteiger partial charge in [-0.25, -0.2) is 28.7 Å². The molecule has 1 aromatic carbocycles. The van der Waals surface area contributed by atoms with Crippen molar-refractivity contribution in [2.24, 2.45) is 5.92 Å². The second kappa shape index (κ2) is 8.02. The summed E-state index contributed by atoms with van der Waals surface area (Å²) in [5.74, 6) is -0.373. The number of Topliss-reactive ketones (excluding diaryl/α,β-unsaturated/α-hetero) is 1. The summed E-state index contributed by atoms with van der Waals surface area (Å²) in [6, 6.07) is 4.44. The van der Waals surface area contributed by atoms with Gasteiger partial charge in [0.1, 0.15) is 17.0 Å². The summed E-state index contributed by atoms with van der Waals surface area (Å²) in [7, 11) is 0. The first-order valence-electron chi connectivity index (χ1n) is 9.48. The Bertz CT molecular complexity index is 1040. The number of aromatic nitrogens is 4. The number of carbonyl (C=O) groups excluding carboxylic acids is 1. The lowest BCUT2D eigenvalue weighted by molar-refractivity contribution is 0.0968. The van der Waals surface area contributed by atoms with Gasteiger partial charge in [-0.3, -0.25) is 4.79 Å². The van der Waals surface area contributed by atoms with E-state index in [0.717, 1.165) is 38.3 Å². The summed E-state index contributed by atoms with van der Waals surface area (Å²) < 4.78 is 27.0. The Morgan fingerprint density at radius 1 is 1.14 bits per heavy atom. The molecule has 0 aliphatic carbocycles. The molecule has 9 heteroatoms. The number of ketones is 1. The van der Waals surface area contributed by atoms with Gasteiger partial charge in [0.05, 0.1) is 12.4 Å². The van der Waals surface area contributed by atoms with E-state index in [4.69, 9.17) is 5.73 Å². The summed E-state index contributed by atoms with van der Waals surface area (Å²) in [5.41, 5.74) is 5.90. The minimum absolute atomic E-state index is 0.0657. The summed E-state index contributed by atoms with van der Waals surface area (Å²) in [6.45, 7) is 1.50. The van der Waals surface area contributed by atoms with Gasteiger partial charge in [0.2, 0.25) is 11.9 Å². The number of nitrogen functional groups attached to an aromatic ring is 1. The van der Waals surface area contributed by atoms with E-state index in [9.17, 15) is 13.6 Å². The molecule has 0 unspecified atom stereocenters. The second-order valence-electron chi connectivity index (χ2n) is 7.16. The third kappa shape index (κ3) is 4.13. The molecule has 0 bridgehead atoms. The fraction of sp³-hybridized carbons (Fsp3) is 0.350. The smallest absolute Gasteiger partial charge is 0.225 e. The van der Waals surface area contributed by atoms with Crippen LogP contribution >= 0.6 is 0 Å². The Morgan fingerprint density at radius 3 is 2.59 bits per heavy atom. The zero-order valence-electron chi connectivity index (χ0n) is 15.7. The van der Waals surface area contributed by atoms with Crippen LogP contribution in [0.4, 0.5) is 20.7 Å². The lowest BCUT2D eigenvalue weighted by Crippen LogP contribution is -2.35. The Hall–Kier alpha value is -3.23. The molecule has 2 N–H and O–H groups in total. The Morgan fingerprint density at radius 2 is 1.86 bits per heavy atom. The van der Waals surface area contributed by atoms with Crippen molar-refractivity contribution < 1.29 is 13.6 Å². The number of anilines is 2. The summed E-state index contributed by atoms with van der Waals surface area (Å²) in [6.07, 6.45) is 5.10. The summed E-state index contributed by atoms with van der Waals surface area (Å²) in [5, 5.41) is 0.382. The summed E-state index contributed by atoms with van der Waals surface area (Å²) in [4.78, 5) is 30.8. The number of benzene rings is 1. The summed E-state index contributed by atoms with van der Waals surface area (Å²) >= 11 is 0. The quantitative estimate of drug-likeness (QED) is 0.659. The molecule has 3 aromatic rings. The van der Waals surface area contributed by atoms with Crippen LogP contribution in [0.25, 0.3) is 10.9 Å². The molecule has 0 radical (unpaired) electrons. The number of hydrogen-bond acceptors (Lipinski definition) is 7. The molecule has 3 heterocycles. The molecule has 1 aliphatic heterocycles. The molecule has 4 rings (SSSR count). The highest BCUT2D eigenvalue weighted by molar-refractivity contribution is 6.05. The van der Waals surface area contributed by atoms with Crippen molar-refractivity contribution in [1.29, 1.82) is 0 Å². The van der Waals surface area contributed by atoms with E-state index in [0.29, 0.717) is 30.1 Å². The van der Waals surface area contributed by atoms with Crippen LogP contribution in [-0.4, -0.2) is 38.8 Å². The molecule has 2 aromatic heterocycles. The predicted octanol–water partition coefficient (Wildman–Crippen LogP) is 3.16. The van der Waals surface area contributed by atoms with Gasteiger partial charge in [-0.15, -0.1) is 0 Å². The van der Waals surface area contributed by atoms with Crippen LogP contribution in [0.2, 0.25) is 0 Å². The van der Waals surface area contributed by atoms with Gasteiger partial charge in [-0.1, -0.05) is 12.1 Å². The Kier molecular flexibility index (Phi) is 5.28. The Balaban J connectivity index is 1.38. The maximum atomic E-state index is 14.0. The largest absolute Gasteiger partial charge is 0.368 e. The maximum Gasteiger partial charge on any atom is 0.225 e. The monoisotopic (exact) mass is 398 g/mol. The van der Waals surface area contributed by atoms with Crippen molar-refractivity contribution in [3.63, 3.8) is 0 Å². The van der Waals surface area contributed by atoms with E-state index < -0.39 is 11.6 Å². The fourth-order valence-electron chi connectivity index (χ4n) is 3.69. The predicted molar refractivity (Wildman–Crippen MR) is 104 cm³/mol. The highest BCUT2D eigenvalue weighted by Crippen LogP contribution is 2.26. The number of hydrogen-bond donors (Lipinski definition) is 1. The molecule has 0 amide bonds. The first-order valence-corrected chi connectivity index (χ1v) is 9.48. The molecule has 1 saturated heterocycles. The van der Waals surface area contributed by atoms with Gasteiger partial charge in [0.25, 0.3) is 0 Å². The number of halogens is 2. The first-order chi connectivity index (χ1) is 14.0. The van der Waals surface area contributed by atoms with Gasteiger partial charge in [-0.2, -0.15) is 0 Å². The number of fused-ring (bicyclic) bond motifs is 1. The maximum absolute atomic E-state index is 14.0. The van der Waals surface area contributed by atoms with E-state index in [-0.39, 0.29) is 22.9 Å². The minimum Gasteiger partial charge on any atom is -0.368 e. The van der Waals surface area contributed by atoms with Gasteiger partial charge >= 0.3 is 0 Å². The fourth-order valence-corrected chi connectivity index (χ4v) is 3.69. The van der Waals surface area contributed by atoms with Crippen LogP contribution in [0.5, 0.6) is 0 Å². The number of carbonyl (C=O) groups is 1. The van der Waals surface area contributed by atoms with Crippen molar-refractivity contribution in [1.82, 2.24) is 19.9 Å². The molecule has 29 heavy (non-hydrogen) atoms. The zero-order valence-corrected chi connectivity index (χ0v) is 15.7. The van der Waals surface area contributed by atoms with E-state index in [2.05, 4.69) is 19.9 Å². The molecule has 0 spiro atoms. The van der Waals surface area contributed by atoms with E-state index in [1.165, 1.54) is 12.1 Å². The number of para-hydroxylation sites is 1. The molecular formula is C20H20F2N6O. The Labute approximate surface area is 166 Å². The third-order valence-electron chi connectivity index (χ3n) is 5.24. The average molecular weight is 398 g/mol. The van der Waals surface area contributed by atoms with Gasteiger partial charge < -0.3 is 10.6 Å². The van der Waals surface area contributed by atoms with Crippen LogP contribution < -0.4 is 10.6 Å². The highest BCUT2D eigenvalue weighted by Gasteiger charge is 2.23. The molecule has 0 atom stereocenters. The average Bonchev–Trinajstić information content (AvgIpc) is 2.73. The molecule has 7 nitrogen and oxygen atoms in total. The van der Waals surface area contributed by atoms with Crippen LogP contribution in [0.1, 0.15) is 36.2 Å². The normalized spacial score (nSPS) is 15.0. The molecule has 1 aliphatic rings. The van der Waals surface area contributed by atoms with Crippen LogP contribution in [-0.2, 0) is 0 Å². The van der Waals surface area contributed by atoms with Crippen LogP contribution in [0.15, 0.2) is 30.6 Å². The first kappa shape index (κ1) is 19.1. The van der Waals surface area contributed by atoms with Gasteiger partial charge in [-0.05, 0) is 31.2 Å². The van der Waals surface area contributed by atoms with E-state index in [1.54, 1.807) is 6.07 Å². The number of nitrogens with two attached hydrogens (primary N) is 1. The van der Waals surface area contributed by atoms with Crippen molar-refractivity contribution in [3.8, 4) is 0 Å². The van der Waals surface area contributed by atoms with E-state index >= 15 is 0 Å². The molecule has 150 valence electrons. The van der Waals surface area contributed by atoms with Gasteiger partial charge in [0.15, 0.2) is 11.6 Å². The standard InChI is InChI=1S/C20H20F2N6O/c21-13-10-24-20(25-11-13)28-8-6-12(7-9-28)4-5-16(29)18-14-2-1-3-15(22)17(14)26-19(23)27-18/h1-3,10-12H,4-9H2,(H2,23,26,27). The second-order valence-corrected chi connectivity index (χ2v) is 7.16. The van der Waals surface area contributed by atoms with E-state index in [1.807, 2.05) is 4.90 Å². The van der Waals surface area contributed by atoms with Crippen molar-refractivity contribution in [3.05, 3.63) is 47.9 Å². The molecular weight excluding hydrogens is 378 g/mol. The topological polar surface area (TPSA) is 97.9 Å². The number of nitrogens with zero attached hydrogens (tertiary/aromatic N) is 5. The lowest BCUT2D eigenvalue weighted by atomic mass is 9.90. The van der Waals surface area contributed by atoms with Crippen molar-refractivity contribution in [2.75, 3.05) is 23.7 Å². The third-order valence-corrected chi connectivity index (χ3v) is 5.24. The SMILES string of the molecule is Nc1nc(C(=O)CCC2CCN(c3ncc(F)cn3)CC2)c2cccc(F)c2n1. The number of piperidine rings is 1. The minimum atomic E-state index is -0.527. The van der Waals surface area contributed by atoms with Crippen molar-refractivity contribution >= 4 is 28.6 Å². The van der Waals surface area contributed by atoms with Crippen LogP contribution in [0, 0.1) is 17.6 Å². The van der Waals surface area contributed by atoms with Crippen molar-refractivity contribution in [2.45, 2.75) is 25.7 Å². The zero-order chi connectivity index (χ0) is 20.4. The van der Waals surface area contributed by atoms with Crippen LogP contribution in [0.3, 0.4) is 0 Å². The molecule has 0 saturated carbocycles. The molecule has 1 fully saturated rings. The van der Waals surface area contributed by atoms with Gasteiger partial charge in [0, 0.05) is 24.9 Å². The lowest BCUT2D eigenvalue weighted by Gasteiger charge is -2.31. The highest BCUT2D eigenvalue weighted by atomic mass is 19.1.